The molecule has 5 nitrogen and oxygen atoms in total. The molecule has 2 rings (SSSR count). The Bertz CT molecular complexity index is 291. The van der Waals surface area contributed by atoms with Gasteiger partial charge in [0.2, 0.25) is 5.91 Å². The number of carbonyl (C=O) groups is 2. The van der Waals surface area contributed by atoms with Crippen molar-refractivity contribution >= 4 is 11.9 Å². The van der Waals surface area contributed by atoms with Crippen LogP contribution in [0.15, 0.2) is 0 Å². The van der Waals surface area contributed by atoms with Crippen LogP contribution in [0.3, 0.4) is 0 Å². The number of ether oxygens (including phenoxy) is 1. The minimum atomic E-state index is -0.912. The van der Waals surface area contributed by atoms with Gasteiger partial charge >= 0.3 is 5.97 Å². The second-order valence-corrected chi connectivity index (χ2v) is 4.15. The molecule has 0 spiro atoms. The highest BCUT2D eigenvalue weighted by Gasteiger charge is 2.46. The molecule has 1 amide bonds. The van der Waals surface area contributed by atoms with Gasteiger partial charge in [-0.05, 0) is 12.8 Å². The molecule has 1 N–H and O–H groups in total. The Hall–Kier alpha value is -1.10. The van der Waals surface area contributed by atoms with E-state index >= 15 is 0 Å². The van der Waals surface area contributed by atoms with E-state index in [1.54, 1.807) is 0 Å². The van der Waals surface area contributed by atoms with Crippen LogP contribution in [0.1, 0.15) is 19.8 Å². The molecule has 5 heteroatoms. The SMILES string of the molecule is CC(=O)N1CC[C@@H]2OCC[C@@H]2C1C(=O)O. The maximum Gasteiger partial charge on any atom is 0.326 e. The highest BCUT2D eigenvalue weighted by Crippen LogP contribution is 2.33. The van der Waals surface area contributed by atoms with Crippen LogP contribution in [0.25, 0.3) is 0 Å². The first-order valence-electron chi connectivity index (χ1n) is 5.23. The van der Waals surface area contributed by atoms with Gasteiger partial charge < -0.3 is 14.7 Å². The van der Waals surface area contributed by atoms with Crippen molar-refractivity contribution in [3.8, 4) is 0 Å². The number of hydrogen-bond donors (Lipinski definition) is 1. The minimum Gasteiger partial charge on any atom is -0.480 e. The van der Waals surface area contributed by atoms with Gasteiger partial charge in [0, 0.05) is 26.0 Å². The van der Waals surface area contributed by atoms with E-state index < -0.39 is 12.0 Å². The zero-order valence-corrected chi connectivity index (χ0v) is 8.68. The fourth-order valence-electron chi connectivity index (χ4n) is 2.63. The van der Waals surface area contributed by atoms with Crippen molar-refractivity contribution in [1.82, 2.24) is 4.90 Å². The Balaban J connectivity index is 2.21. The molecule has 0 aromatic rings. The second kappa shape index (κ2) is 3.81. The van der Waals surface area contributed by atoms with Gasteiger partial charge in [0.25, 0.3) is 0 Å². The lowest BCUT2D eigenvalue weighted by Crippen LogP contribution is -2.55. The monoisotopic (exact) mass is 213 g/mol. The predicted molar refractivity (Wildman–Crippen MR) is 51.3 cm³/mol. The third-order valence-electron chi connectivity index (χ3n) is 3.31. The Morgan fingerprint density at radius 2 is 2.13 bits per heavy atom. The highest BCUT2D eigenvalue weighted by molar-refractivity contribution is 5.83. The van der Waals surface area contributed by atoms with Crippen LogP contribution in [0, 0.1) is 5.92 Å². The van der Waals surface area contributed by atoms with Gasteiger partial charge in [-0.2, -0.15) is 0 Å². The topological polar surface area (TPSA) is 66.8 Å². The van der Waals surface area contributed by atoms with E-state index in [0.29, 0.717) is 13.2 Å². The summed E-state index contributed by atoms with van der Waals surface area (Å²) in [6, 6.07) is -0.691. The molecule has 2 aliphatic rings. The summed E-state index contributed by atoms with van der Waals surface area (Å²) < 4.78 is 5.46. The van der Waals surface area contributed by atoms with Gasteiger partial charge in [0.05, 0.1) is 6.10 Å². The van der Waals surface area contributed by atoms with Crippen LogP contribution >= 0.6 is 0 Å². The Morgan fingerprint density at radius 1 is 1.40 bits per heavy atom. The average Bonchev–Trinajstić information content (AvgIpc) is 2.62. The van der Waals surface area contributed by atoms with E-state index in [0.717, 1.165) is 12.8 Å². The zero-order valence-electron chi connectivity index (χ0n) is 8.68. The summed E-state index contributed by atoms with van der Waals surface area (Å²) in [5.41, 5.74) is 0. The summed E-state index contributed by atoms with van der Waals surface area (Å²) >= 11 is 0. The molecule has 3 atom stereocenters. The number of carbonyl (C=O) groups excluding carboxylic acids is 1. The largest absolute Gasteiger partial charge is 0.480 e. The first kappa shape index (κ1) is 10.4. The number of likely N-dealkylation sites (tertiary alicyclic amines) is 1. The van der Waals surface area contributed by atoms with Crippen LogP contribution in [-0.4, -0.2) is 47.2 Å². The second-order valence-electron chi connectivity index (χ2n) is 4.15. The molecule has 2 heterocycles. The summed E-state index contributed by atoms with van der Waals surface area (Å²) in [6.07, 6.45) is 1.53. The van der Waals surface area contributed by atoms with E-state index in [9.17, 15) is 9.59 Å². The summed E-state index contributed by atoms with van der Waals surface area (Å²) in [7, 11) is 0. The van der Waals surface area contributed by atoms with E-state index in [-0.39, 0.29) is 17.9 Å². The van der Waals surface area contributed by atoms with Gasteiger partial charge in [-0.1, -0.05) is 0 Å². The number of nitrogens with zero attached hydrogens (tertiary/aromatic N) is 1. The molecule has 2 fully saturated rings. The number of carboxylic acid groups (broad SMARTS) is 1. The normalized spacial score (nSPS) is 35.0. The van der Waals surface area contributed by atoms with Crippen LogP contribution < -0.4 is 0 Å². The summed E-state index contributed by atoms with van der Waals surface area (Å²) in [5, 5.41) is 9.16. The molecule has 0 saturated carbocycles. The Labute approximate surface area is 88.0 Å². The third-order valence-corrected chi connectivity index (χ3v) is 3.31. The molecule has 0 bridgehead atoms. The first-order valence-corrected chi connectivity index (χ1v) is 5.23. The molecular weight excluding hydrogens is 198 g/mol. The van der Waals surface area contributed by atoms with Crippen molar-refractivity contribution in [2.75, 3.05) is 13.2 Å². The van der Waals surface area contributed by atoms with E-state index in [2.05, 4.69) is 0 Å². The number of piperidine rings is 1. The molecule has 15 heavy (non-hydrogen) atoms. The van der Waals surface area contributed by atoms with E-state index in [4.69, 9.17) is 9.84 Å². The maximum atomic E-state index is 11.3. The van der Waals surface area contributed by atoms with Gasteiger partial charge in [0.1, 0.15) is 6.04 Å². The molecule has 1 unspecified atom stereocenters. The number of rotatable bonds is 1. The van der Waals surface area contributed by atoms with Crippen molar-refractivity contribution in [2.45, 2.75) is 31.9 Å². The summed E-state index contributed by atoms with van der Waals surface area (Å²) in [4.78, 5) is 23.9. The highest BCUT2D eigenvalue weighted by atomic mass is 16.5. The summed E-state index contributed by atoms with van der Waals surface area (Å²) in [5.74, 6) is -1.10. The fraction of sp³-hybridized carbons (Fsp3) is 0.800. The van der Waals surface area contributed by atoms with Crippen molar-refractivity contribution in [1.29, 1.82) is 0 Å². The summed E-state index contributed by atoms with van der Waals surface area (Å²) in [6.45, 7) is 2.53. The quantitative estimate of drug-likeness (QED) is 0.670. The number of amides is 1. The van der Waals surface area contributed by atoms with Gasteiger partial charge in [-0.25, -0.2) is 4.79 Å². The lowest BCUT2D eigenvalue weighted by atomic mass is 9.86. The fourth-order valence-corrected chi connectivity index (χ4v) is 2.63. The first-order chi connectivity index (χ1) is 7.11. The average molecular weight is 213 g/mol. The molecule has 0 aromatic heterocycles. The molecular formula is C10H15NO4. The smallest absolute Gasteiger partial charge is 0.326 e. The Kier molecular flexibility index (Phi) is 2.65. The molecule has 0 aliphatic carbocycles. The maximum absolute atomic E-state index is 11.3. The van der Waals surface area contributed by atoms with Crippen LogP contribution in [0.5, 0.6) is 0 Å². The lowest BCUT2D eigenvalue weighted by molar-refractivity contribution is -0.156. The molecule has 0 radical (unpaired) electrons. The Morgan fingerprint density at radius 3 is 2.73 bits per heavy atom. The number of fused-ring (bicyclic) bond motifs is 1. The van der Waals surface area contributed by atoms with Crippen LogP contribution in [0.4, 0.5) is 0 Å². The molecule has 84 valence electrons. The van der Waals surface area contributed by atoms with E-state index in [1.807, 2.05) is 0 Å². The van der Waals surface area contributed by atoms with Gasteiger partial charge in [-0.15, -0.1) is 0 Å². The van der Waals surface area contributed by atoms with Crippen LogP contribution in [0.2, 0.25) is 0 Å². The molecule has 2 aliphatic heterocycles. The van der Waals surface area contributed by atoms with Crippen LogP contribution in [-0.2, 0) is 14.3 Å². The van der Waals surface area contributed by atoms with Crippen molar-refractivity contribution in [2.24, 2.45) is 5.92 Å². The molecule has 2 saturated heterocycles. The third kappa shape index (κ3) is 1.71. The zero-order chi connectivity index (χ0) is 11.0. The van der Waals surface area contributed by atoms with Gasteiger partial charge in [0.15, 0.2) is 0 Å². The number of aliphatic carboxylic acids is 1. The minimum absolute atomic E-state index is 0.0276. The number of carboxylic acids is 1. The standard InChI is InChI=1S/C10H15NO4/c1-6(12)11-4-2-8-7(3-5-15-8)9(11)10(13)14/h7-9H,2-5H2,1H3,(H,13,14)/t7-,8-,9?/m0/s1. The number of hydrogen-bond acceptors (Lipinski definition) is 3. The predicted octanol–water partition coefficient (Wildman–Crippen LogP) is 0.0969. The van der Waals surface area contributed by atoms with Crippen molar-refractivity contribution < 1.29 is 19.4 Å². The van der Waals surface area contributed by atoms with Crippen molar-refractivity contribution in [3.05, 3.63) is 0 Å². The van der Waals surface area contributed by atoms with E-state index in [1.165, 1.54) is 11.8 Å². The van der Waals surface area contributed by atoms with Crippen molar-refractivity contribution in [3.63, 3.8) is 0 Å². The lowest BCUT2D eigenvalue weighted by Gasteiger charge is -2.39. The molecule has 0 aromatic carbocycles. The van der Waals surface area contributed by atoms with Gasteiger partial charge in [-0.3, -0.25) is 4.79 Å².